The zero-order valence-corrected chi connectivity index (χ0v) is 20.7. The van der Waals surface area contributed by atoms with E-state index in [1.807, 2.05) is 85.1 Å². The molecule has 0 saturated heterocycles. The molecule has 1 aromatic heterocycles. The minimum atomic E-state index is -0.835. The first-order valence-corrected chi connectivity index (χ1v) is 12.4. The topological polar surface area (TPSA) is 87.2 Å². The Labute approximate surface area is 221 Å². The van der Waals surface area contributed by atoms with Crippen molar-refractivity contribution in [3.8, 4) is 16.9 Å². The van der Waals surface area contributed by atoms with Crippen molar-refractivity contribution in [2.75, 3.05) is 6.61 Å². The maximum Gasteiger partial charge on any atom is 0.323 e. The second-order valence-electron chi connectivity index (χ2n) is 8.98. The molecule has 0 aliphatic carbocycles. The van der Waals surface area contributed by atoms with Crippen LogP contribution < -0.4 is 5.73 Å². The molecule has 2 N–H and O–H groups in total. The summed E-state index contributed by atoms with van der Waals surface area (Å²) in [5.74, 6) is -0.952. The molecule has 0 bridgehead atoms. The normalized spacial score (nSPS) is 12.0. The lowest BCUT2D eigenvalue weighted by molar-refractivity contribution is -0.148. The molecule has 0 amide bonds. The Morgan fingerprint density at radius 2 is 1.55 bits per heavy atom. The number of carbonyl (C=O) groups excluding carboxylic acids is 2. The number of aromatic nitrogens is 2. The molecule has 0 unspecified atom stereocenters. The van der Waals surface area contributed by atoms with Crippen LogP contribution in [0.25, 0.3) is 33.8 Å². The lowest BCUT2D eigenvalue weighted by Crippen LogP contribution is -2.35. The Hall–Kier alpha value is -4.81. The highest BCUT2D eigenvalue weighted by Gasteiger charge is 2.17. The average molecular weight is 502 g/mol. The summed E-state index contributed by atoms with van der Waals surface area (Å²) in [6.45, 7) is -0.379. The van der Waals surface area contributed by atoms with Crippen LogP contribution in [0.5, 0.6) is 0 Å². The lowest BCUT2D eigenvalue weighted by Gasteiger charge is -2.10. The number of esters is 1. The van der Waals surface area contributed by atoms with E-state index in [-0.39, 0.29) is 12.4 Å². The first-order valence-electron chi connectivity index (χ1n) is 12.4. The first-order chi connectivity index (χ1) is 18.6. The van der Waals surface area contributed by atoms with Crippen molar-refractivity contribution in [1.82, 2.24) is 9.78 Å². The number of nitrogens with two attached hydrogens (primary N) is 1. The minimum absolute atomic E-state index is 0.345. The van der Waals surface area contributed by atoms with Gasteiger partial charge in [0.2, 0.25) is 0 Å². The zero-order valence-electron chi connectivity index (χ0n) is 20.7. The number of hydrogen-bond acceptors (Lipinski definition) is 5. The van der Waals surface area contributed by atoms with Crippen LogP contribution in [0.2, 0.25) is 0 Å². The van der Waals surface area contributed by atoms with Crippen molar-refractivity contribution in [1.29, 1.82) is 0 Å². The van der Waals surface area contributed by atoms with Crippen LogP contribution in [0.3, 0.4) is 0 Å². The molecule has 188 valence electrons. The third kappa shape index (κ3) is 5.94. The third-order valence-electron chi connectivity index (χ3n) is 6.19. The fourth-order valence-electron chi connectivity index (χ4n) is 4.21. The van der Waals surface area contributed by atoms with Crippen molar-refractivity contribution in [2.45, 2.75) is 12.5 Å². The van der Waals surface area contributed by atoms with Crippen LogP contribution in [0.15, 0.2) is 115 Å². The summed E-state index contributed by atoms with van der Waals surface area (Å²) in [5.41, 5.74) is 10.2. The zero-order chi connectivity index (χ0) is 26.3. The molecule has 0 aliphatic heterocycles. The molecule has 0 aliphatic rings. The molecule has 0 spiro atoms. The van der Waals surface area contributed by atoms with Gasteiger partial charge in [0, 0.05) is 17.3 Å². The van der Waals surface area contributed by atoms with Crippen molar-refractivity contribution in [3.63, 3.8) is 0 Å². The Morgan fingerprint density at radius 3 is 2.32 bits per heavy atom. The predicted octanol–water partition coefficient (Wildman–Crippen LogP) is 5.39. The largest absolute Gasteiger partial charge is 0.456 e. The minimum Gasteiger partial charge on any atom is -0.456 e. The Morgan fingerprint density at radius 1 is 0.868 bits per heavy atom. The van der Waals surface area contributed by atoms with E-state index in [4.69, 9.17) is 15.6 Å². The molecule has 6 nitrogen and oxygen atoms in total. The maximum absolute atomic E-state index is 12.6. The summed E-state index contributed by atoms with van der Waals surface area (Å²) in [5, 5.41) is 7.06. The van der Waals surface area contributed by atoms with Crippen LogP contribution in [-0.4, -0.2) is 34.2 Å². The number of para-hydroxylation sites is 1. The van der Waals surface area contributed by atoms with E-state index in [1.54, 1.807) is 10.8 Å². The van der Waals surface area contributed by atoms with E-state index in [2.05, 4.69) is 24.3 Å². The van der Waals surface area contributed by atoms with Crippen molar-refractivity contribution in [2.24, 2.45) is 5.73 Å². The molecule has 38 heavy (non-hydrogen) atoms. The van der Waals surface area contributed by atoms with Gasteiger partial charge in [0.1, 0.15) is 6.04 Å². The molecule has 0 saturated carbocycles. The van der Waals surface area contributed by atoms with Gasteiger partial charge in [-0.15, -0.1) is 0 Å². The number of hydrogen-bond donors (Lipinski definition) is 1. The standard InChI is InChI=1S/C32H27N3O3/c33-30(19-23-9-3-1-4-10-23)32(37)38-22-29(36)18-17-27-21-35(28-13-5-2-6-14-28)34-31(27)26-16-15-24-11-7-8-12-25(24)20-26/h1-18,20-21,30H,19,22,33H2/b18-17+/t30-/m1/s1. The van der Waals surface area contributed by atoms with E-state index in [1.165, 1.54) is 6.08 Å². The van der Waals surface area contributed by atoms with E-state index in [0.717, 1.165) is 38.8 Å². The fourth-order valence-corrected chi connectivity index (χ4v) is 4.21. The quantitative estimate of drug-likeness (QED) is 0.216. The highest BCUT2D eigenvalue weighted by atomic mass is 16.5. The van der Waals surface area contributed by atoms with E-state index in [9.17, 15) is 9.59 Å². The molecule has 0 radical (unpaired) electrons. The van der Waals surface area contributed by atoms with Crippen molar-refractivity contribution >= 4 is 28.6 Å². The summed E-state index contributed by atoms with van der Waals surface area (Å²) in [6.07, 6.45) is 5.34. The summed E-state index contributed by atoms with van der Waals surface area (Å²) in [4.78, 5) is 24.9. The molecule has 5 rings (SSSR count). The van der Waals surface area contributed by atoms with Crippen molar-refractivity contribution in [3.05, 3.63) is 127 Å². The number of nitrogens with zero attached hydrogens (tertiary/aromatic N) is 2. The van der Waals surface area contributed by atoms with Crippen LogP contribution in [0.4, 0.5) is 0 Å². The van der Waals surface area contributed by atoms with Gasteiger partial charge in [-0.2, -0.15) is 5.10 Å². The maximum atomic E-state index is 12.6. The van der Waals surface area contributed by atoms with Crippen LogP contribution in [0.1, 0.15) is 11.1 Å². The Balaban J connectivity index is 1.33. The molecule has 1 heterocycles. The van der Waals surface area contributed by atoms with Gasteiger partial charge in [-0.25, -0.2) is 4.68 Å². The number of carbonyl (C=O) groups is 2. The Bertz CT molecular complexity index is 1590. The van der Waals surface area contributed by atoms with Gasteiger partial charge in [-0.3, -0.25) is 9.59 Å². The van der Waals surface area contributed by atoms with E-state index in [0.29, 0.717) is 6.42 Å². The number of ether oxygens (including phenoxy) is 1. The number of rotatable bonds is 9. The molecular weight excluding hydrogens is 474 g/mol. The molecule has 4 aromatic carbocycles. The molecule has 6 heteroatoms. The van der Waals surface area contributed by atoms with E-state index >= 15 is 0 Å². The van der Waals surface area contributed by atoms with Gasteiger partial charge in [0.25, 0.3) is 0 Å². The molecule has 1 atom stereocenters. The SMILES string of the molecule is N[C@H](Cc1ccccc1)C(=O)OCC(=O)/C=C/c1cn(-c2ccccc2)nc1-c1ccc2ccccc2c1. The smallest absolute Gasteiger partial charge is 0.323 e. The average Bonchev–Trinajstić information content (AvgIpc) is 3.40. The van der Waals surface area contributed by atoms with Crippen LogP contribution in [-0.2, 0) is 20.7 Å². The molecule has 0 fully saturated rings. The summed E-state index contributed by atoms with van der Waals surface area (Å²) in [6, 6.07) is 32.7. The molecular formula is C32H27N3O3. The second-order valence-corrected chi connectivity index (χ2v) is 8.98. The number of ketones is 1. The van der Waals surface area contributed by atoms with Gasteiger partial charge in [0.15, 0.2) is 12.4 Å². The summed E-state index contributed by atoms with van der Waals surface area (Å²) >= 11 is 0. The van der Waals surface area contributed by atoms with Gasteiger partial charge in [-0.05, 0) is 53.1 Å². The third-order valence-corrected chi connectivity index (χ3v) is 6.19. The Kier molecular flexibility index (Phi) is 7.52. The second kappa shape index (κ2) is 11.5. The highest BCUT2D eigenvalue weighted by molar-refractivity contribution is 5.97. The van der Waals surface area contributed by atoms with Gasteiger partial charge >= 0.3 is 5.97 Å². The highest BCUT2D eigenvalue weighted by Crippen LogP contribution is 2.28. The summed E-state index contributed by atoms with van der Waals surface area (Å²) in [7, 11) is 0. The lowest BCUT2D eigenvalue weighted by atomic mass is 10.0. The number of benzene rings is 4. The predicted molar refractivity (Wildman–Crippen MR) is 150 cm³/mol. The van der Waals surface area contributed by atoms with E-state index < -0.39 is 12.0 Å². The van der Waals surface area contributed by atoms with Crippen molar-refractivity contribution < 1.29 is 14.3 Å². The monoisotopic (exact) mass is 501 g/mol. The molecule has 5 aromatic rings. The van der Waals surface area contributed by atoms with Gasteiger partial charge in [-0.1, -0.05) is 84.9 Å². The fraction of sp³-hybridized carbons (Fsp3) is 0.0938. The summed E-state index contributed by atoms with van der Waals surface area (Å²) < 4.78 is 6.97. The van der Waals surface area contributed by atoms with Gasteiger partial charge in [0.05, 0.1) is 11.4 Å². The number of fused-ring (bicyclic) bond motifs is 1. The first kappa shape index (κ1) is 24.9. The van der Waals surface area contributed by atoms with Crippen LogP contribution >= 0.6 is 0 Å². The van der Waals surface area contributed by atoms with Gasteiger partial charge < -0.3 is 10.5 Å². The van der Waals surface area contributed by atoms with Crippen LogP contribution in [0, 0.1) is 0 Å².